The Morgan fingerprint density at radius 2 is 1.84 bits per heavy atom. The molecule has 0 bridgehead atoms. The number of carbonyl (C=O) groups is 1. The highest BCUT2D eigenvalue weighted by molar-refractivity contribution is 7.86. The Kier molecular flexibility index (Phi) is 8.98. The van der Waals surface area contributed by atoms with E-state index in [4.69, 9.17) is 23.4 Å². The van der Waals surface area contributed by atoms with Crippen LogP contribution in [-0.4, -0.2) is 72.4 Å². The zero-order valence-electron chi connectivity index (χ0n) is 17.5. The zero-order valence-corrected chi connectivity index (χ0v) is 19.2. The second-order valence-corrected chi connectivity index (χ2v) is 10.3. The van der Waals surface area contributed by atoms with Crippen molar-refractivity contribution in [3.63, 3.8) is 0 Å². The van der Waals surface area contributed by atoms with Crippen molar-refractivity contribution >= 4 is 26.1 Å². The van der Waals surface area contributed by atoms with E-state index < -0.39 is 63.3 Å². The third-order valence-corrected chi connectivity index (χ3v) is 5.35. The molecule has 1 saturated heterocycles. The van der Waals surface area contributed by atoms with E-state index in [0.29, 0.717) is 0 Å². The van der Waals surface area contributed by atoms with Crippen molar-refractivity contribution in [2.45, 2.75) is 44.1 Å². The van der Waals surface area contributed by atoms with Crippen molar-refractivity contribution < 1.29 is 39.5 Å². The van der Waals surface area contributed by atoms with Crippen LogP contribution in [0.3, 0.4) is 0 Å². The summed E-state index contributed by atoms with van der Waals surface area (Å²) < 4.78 is 67.9. The van der Waals surface area contributed by atoms with Crippen LogP contribution in [0.1, 0.15) is 12.5 Å². The first-order valence-electron chi connectivity index (χ1n) is 9.24. The van der Waals surface area contributed by atoms with Crippen molar-refractivity contribution in [2.24, 2.45) is 5.11 Å². The number of ether oxygens (including phenoxy) is 2. The Labute approximate surface area is 185 Å². The van der Waals surface area contributed by atoms with Gasteiger partial charge < -0.3 is 14.8 Å². The molecule has 1 fully saturated rings. The summed E-state index contributed by atoms with van der Waals surface area (Å²) in [4.78, 5) is 14.5. The number of carbonyl (C=O) groups excluding carboxylic acids is 1. The quantitative estimate of drug-likeness (QED) is 0.209. The molecule has 1 aromatic rings. The van der Waals surface area contributed by atoms with Gasteiger partial charge in [0.25, 0.3) is 20.2 Å². The van der Waals surface area contributed by atoms with Crippen molar-refractivity contribution in [2.75, 3.05) is 19.1 Å². The predicted octanol–water partition coefficient (Wildman–Crippen LogP) is 0.433. The van der Waals surface area contributed by atoms with E-state index in [-0.39, 0.29) is 6.61 Å². The molecule has 178 valence electrons. The lowest BCUT2D eigenvalue weighted by Gasteiger charge is -2.44. The van der Waals surface area contributed by atoms with Gasteiger partial charge >= 0.3 is 0 Å². The first-order valence-corrected chi connectivity index (χ1v) is 12.9. The van der Waals surface area contributed by atoms with Crippen LogP contribution in [0, 0.1) is 0 Å². The van der Waals surface area contributed by atoms with E-state index in [1.807, 2.05) is 6.07 Å². The van der Waals surface area contributed by atoms with E-state index in [2.05, 4.69) is 15.3 Å². The van der Waals surface area contributed by atoms with Crippen LogP contribution in [0.2, 0.25) is 0 Å². The van der Waals surface area contributed by atoms with E-state index >= 15 is 0 Å². The summed E-state index contributed by atoms with van der Waals surface area (Å²) in [5, 5.41) is 6.12. The van der Waals surface area contributed by atoms with Crippen LogP contribution in [0.4, 0.5) is 0 Å². The Bertz CT molecular complexity index is 1040. The molecule has 2 rings (SSSR count). The van der Waals surface area contributed by atoms with Crippen molar-refractivity contribution in [3.8, 4) is 0 Å². The van der Waals surface area contributed by atoms with E-state index in [1.54, 1.807) is 24.3 Å². The fourth-order valence-corrected chi connectivity index (χ4v) is 4.07. The van der Waals surface area contributed by atoms with Crippen molar-refractivity contribution in [1.29, 1.82) is 0 Å². The molecule has 1 aromatic carbocycles. The molecule has 0 spiro atoms. The summed E-state index contributed by atoms with van der Waals surface area (Å²) in [6.45, 7) is 0.586. The molecule has 0 radical (unpaired) electrons. The number of azide groups is 1. The molecule has 0 aromatic heterocycles. The van der Waals surface area contributed by atoms with Gasteiger partial charge in [-0.25, -0.2) is 0 Å². The summed E-state index contributed by atoms with van der Waals surface area (Å²) in [5.74, 6) is -0.533. The number of hydrogen-bond donors (Lipinski definition) is 1. The molecule has 32 heavy (non-hydrogen) atoms. The highest BCUT2D eigenvalue weighted by Gasteiger charge is 2.49. The van der Waals surface area contributed by atoms with Crippen LogP contribution in [0.5, 0.6) is 0 Å². The van der Waals surface area contributed by atoms with E-state index in [1.165, 1.54) is 6.92 Å². The highest BCUT2D eigenvalue weighted by Crippen LogP contribution is 2.29. The highest BCUT2D eigenvalue weighted by atomic mass is 32.2. The minimum absolute atomic E-state index is 0.0296. The van der Waals surface area contributed by atoms with Crippen molar-refractivity contribution in [1.82, 2.24) is 5.32 Å². The molecular weight excluding hydrogens is 468 g/mol. The van der Waals surface area contributed by atoms with Crippen LogP contribution in [0.25, 0.3) is 10.4 Å². The van der Waals surface area contributed by atoms with Gasteiger partial charge in [-0.15, -0.1) is 0 Å². The van der Waals surface area contributed by atoms with Crippen LogP contribution >= 0.6 is 0 Å². The van der Waals surface area contributed by atoms with Gasteiger partial charge in [-0.05, 0) is 11.1 Å². The molecule has 1 aliphatic rings. The topological polar surface area (TPSA) is 183 Å². The predicted molar refractivity (Wildman–Crippen MR) is 111 cm³/mol. The molecule has 5 atom stereocenters. The van der Waals surface area contributed by atoms with Gasteiger partial charge in [0.2, 0.25) is 5.91 Å². The molecule has 15 heteroatoms. The van der Waals surface area contributed by atoms with Crippen LogP contribution < -0.4 is 5.32 Å². The zero-order chi connectivity index (χ0) is 23.9. The largest absolute Gasteiger partial charge is 0.348 e. The van der Waals surface area contributed by atoms with Gasteiger partial charge in [0.1, 0.15) is 12.2 Å². The normalized spacial score (nSPS) is 26.2. The number of nitrogens with one attached hydrogen (secondary N) is 1. The van der Waals surface area contributed by atoms with Crippen LogP contribution in [0.15, 0.2) is 35.4 Å². The maximum Gasteiger partial charge on any atom is 0.264 e. The van der Waals surface area contributed by atoms with Gasteiger partial charge in [-0.3, -0.25) is 13.2 Å². The summed E-state index contributed by atoms with van der Waals surface area (Å²) in [5.41, 5.74) is 9.82. The molecule has 0 saturated carbocycles. The number of amides is 1. The van der Waals surface area contributed by atoms with Crippen molar-refractivity contribution in [3.05, 3.63) is 46.3 Å². The maximum absolute atomic E-state index is 11.8. The van der Waals surface area contributed by atoms with E-state index in [9.17, 15) is 21.6 Å². The van der Waals surface area contributed by atoms with Gasteiger partial charge in [-0.1, -0.05) is 35.4 Å². The molecule has 1 N–H and O–H groups in total. The van der Waals surface area contributed by atoms with Gasteiger partial charge in [-0.2, -0.15) is 16.8 Å². The van der Waals surface area contributed by atoms with Gasteiger partial charge in [0, 0.05) is 11.8 Å². The summed E-state index contributed by atoms with van der Waals surface area (Å²) in [7, 11) is -8.03. The van der Waals surface area contributed by atoms with E-state index in [0.717, 1.165) is 18.1 Å². The molecule has 1 amide bonds. The summed E-state index contributed by atoms with van der Waals surface area (Å²) in [6.07, 6.45) is -2.52. The first-order chi connectivity index (χ1) is 14.9. The monoisotopic (exact) mass is 492 g/mol. The van der Waals surface area contributed by atoms with Gasteiger partial charge in [0.05, 0.1) is 37.8 Å². The Balaban J connectivity index is 2.41. The number of hydrogen-bond acceptors (Lipinski definition) is 10. The SMILES string of the molecule is CC(=O)NC1C(OCc2ccccc2)OC(COS(C)(=O)=O)C(OS(C)(=O)=O)C1N=[N+]=[N-]. The lowest BCUT2D eigenvalue weighted by Crippen LogP contribution is -2.64. The van der Waals surface area contributed by atoms with Gasteiger partial charge in [0.15, 0.2) is 6.29 Å². The Morgan fingerprint density at radius 3 is 2.38 bits per heavy atom. The third-order valence-electron chi connectivity index (χ3n) is 4.22. The summed E-state index contributed by atoms with van der Waals surface area (Å²) >= 11 is 0. The lowest BCUT2D eigenvalue weighted by atomic mass is 9.94. The number of nitrogens with zero attached hydrogens (tertiary/aromatic N) is 3. The Hall–Kier alpha value is -2.26. The smallest absolute Gasteiger partial charge is 0.264 e. The first kappa shape index (κ1) is 26.0. The second-order valence-electron chi connectivity index (χ2n) is 7.01. The summed E-state index contributed by atoms with van der Waals surface area (Å²) in [6, 6.07) is 6.46. The number of benzene rings is 1. The molecule has 13 nitrogen and oxygen atoms in total. The molecule has 1 heterocycles. The maximum atomic E-state index is 11.8. The average molecular weight is 493 g/mol. The Morgan fingerprint density at radius 1 is 1.19 bits per heavy atom. The third kappa shape index (κ3) is 8.35. The fourth-order valence-electron chi connectivity index (χ4n) is 3.05. The number of rotatable bonds is 10. The minimum Gasteiger partial charge on any atom is -0.348 e. The molecule has 1 aliphatic heterocycles. The second kappa shape index (κ2) is 11.0. The van der Waals surface area contributed by atoms with Crippen LogP contribution in [-0.2, 0) is 49.5 Å². The lowest BCUT2D eigenvalue weighted by molar-refractivity contribution is -0.244. The minimum atomic E-state index is -4.11. The molecular formula is C17H24N4O9S2. The standard InChI is InChI=1S/C17H24N4O9S2/c1-11(22)19-15-14(20-21-18)16(30-32(3,25)26)13(10-28-31(2,23)24)29-17(15)27-9-12-7-5-4-6-8-12/h4-8,13-17H,9-10H2,1-3H3,(H,19,22). The molecule has 5 unspecified atom stereocenters. The fraction of sp³-hybridized carbons (Fsp3) is 0.588. The molecule has 0 aliphatic carbocycles. The average Bonchev–Trinajstić information content (AvgIpc) is 2.67.